The van der Waals surface area contributed by atoms with E-state index in [9.17, 15) is 4.79 Å². The van der Waals surface area contributed by atoms with Gasteiger partial charge in [-0.2, -0.15) is 5.10 Å². The molecule has 3 aromatic heterocycles. The molecule has 4 aromatic rings. The highest BCUT2D eigenvalue weighted by Gasteiger charge is 2.05. The molecule has 8 nitrogen and oxygen atoms in total. The van der Waals surface area contributed by atoms with E-state index < -0.39 is 0 Å². The number of halogens is 1. The van der Waals surface area contributed by atoms with Gasteiger partial charge >= 0.3 is 6.03 Å². The molecule has 0 saturated carbocycles. The maximum absolute atomic E-state index is 12.1. The zero-order valence-electron chi connectivity index (χ0n) is 15.7. The van der Waals surface area contributed by atoms with Crippen molar-refractivity contribution >= 4 is 27.6 Å². The summed E-state index contributed by atoms with van der Waals surface area (Å²) < 4.78 is 8.26. The number of carbonyl (C=O) groups is 1. The average Bonchev–Trinajstić information content (AvgIpc) is 3.29. The van der Waals surface area contributed by atoms with E-state index in [0.717, 1.165) is 10.0 Å². The summed E-state index contributed by atoms with van der Waals surface area (Å²) in [6.45, 7) is 0.343. The third kappa shape index (κ3) is 5.21. The number of nitrogens with one attached hydrogen (secondary N) is 2. The van der Waals surface area contributed by atoms with Crippen LogP contribution in [0.3, 0.4) is 0 Å². The molecule has 2 amide bonds. The van der Waals surface area contributed by atoms with Crippen LogP contribution in [0.4, 0.5) is 10.5 Å². The van der Waals surface area contributed by atoms with E-state index in [1.54, 1.807) is 29.2 Å². The van der Waals surface area contributed by atoms with Gasteiger partial charge in [-0.1, -0.05) is 28.1 Å². The lowest BCUT2D eigenvalue weighted by molar-refractivity contribution is 0.251. The Morgan fingerprint density at radius 2 is 2.00 bits per heavy atom. The molecule has 4 rings (SSSR count). The number of hydrogen-bond acceptors (Lipinski definition) is 5. The molecule has 0 saturated heterocycles. The van der Waals surface area contributed by atoms with Crippen molar-refractivity contribution in [2.45, 2.75) is 6.54 Å². The topological polar surface area (TPSA) is 94.0 Å². The molecular weight excluding hydrogens is 448 g/mol. The molecular formula is C21H17BrN6O2. The average molecular weight is 465 g/mol. The highest BCUT2D eigenvalue weighted by Crippen LogP contribution is 2.23. The van der Waals surface area contributed by atoms with Gasteiger partial charge in [-0.15, -0.1) is 0 Å². The van der Waals surface area contributed by atoms with Crippen molar-refractivity contribution in [3.05, 3.63) is 89.4 Å². The van der Waals surface area contributed by atoms with Gasteiger partial charge in [0.05, 0.1) is 11.9 Å². The van der Waals surface area contributed by atoms with E-state index >= 15 is 0 Å². The van der Waals surface area contributed by atoms with E-state index in [1.807, 2.05) is 48.7 Å². The number of carbonyl (C=O) groups excluding carboxylic acids is 1. The number of pyridine rings is 2. The first kappa shape index (κ1) is 19.6. The number of amides is 2. The quantitative estimate of drug-likeness (QED) is 0.436. The smallest absolute Gasteiger partial charge is 0.319 e. The van der Waals surface area contributed by atoms with Crippen molar-refractivity contribution < 1.29 is 9.53 Å². The van der Waals surface area contributed by atoms with Crippen LogP contribution in [-0.2, 0) is 6.54 Å². The lowest BCUT2D eigenvalue weighted by Crippen LogP contribution is -2.28. The van der Waals surface area contributed by atoms with Gasteiger partial charge in [0.15, 0.2) is 5.82 Å². The molecule has 0 aliphatic carbocycles. The molecule has 1 aromatic carbocycles. The van der Waals surface area contributed by atoms with Gasteiger partial charge in [0, 0.05) is 35.7 Å². The van der Waals surface area contributed by atoms with E-state index in [4.69, 9.17) is 4.74 Å². The lowest BCUT2D eigenvalue weighted by Gasteiger charge is -2.09. The van der Waals surface area contributed by atoms with Gasteiger partial charge < -0.3 is 15.4 Å². The predicted molar refractivity (Wildman–Crippen MR) is 116 cm³/mol. The minimum absolute atomic E-state index is 0.339. The van der Waals surface area contributed by atoms with Crippen LogP contribution in [0.25, 0.3) is 5.82 Å². The summed E-state index contributed by atoms with van der Waals surface area (Å²) >= 11 is 3.40. The second-order valence-electron chi connectivity index (χ2n) is 6.23. The Labute approximate surface area is 181 Å². The van der Waals surface area contributed by atoms with Crippen molar-refractivity contribution in [2.75, 3.05) is 5.32 Å². The molecule has 0 aliphatic rings. The monoisotopic (exact) mass is 464 g/mol. The van der Waals surface area contributed by atoms with Crippen molar-refractivity contribution in [3.8, 4) is 17.4 Å². The number of benzene rings is 1. The molecule has 3 heterocycles. The standard InChI is InChI=1S/C21H17BrN6O2/c22-16-3-1-4-18(11-16)30-20-8-6-17(14-24-20)27-21(29)25-13-15-5-7-19(23-12-15)28-10-2-9-26-28/h1-12,14H,13H2,(H2,25,27,29). The number of urea groups is 1. The van der Waals surface area contributed by atoms with Crippen LogP contribution < -0.4 is 15.4 Å². The van der Waals surface area contributed by atoms with E-state index in [2.05, 4.69) is 41.6 Å². The molecule has 0 unspecified atom stereocenters. The molecule has 30 heavy (non-hydrogen) atoms. The third-order valence-electron chi connectivity index (χ3n) is 4.01. The predicted octanol–water partition coefficient (Wildman–Crippen LogP) is 4.54. The van der Waals surface area contributed by atoms with Crippen LogP contribution in [0.1, 0.15) is 5.56 Å². The van der Waals surface area contributed by atoms with Crippen LogP contribution in [0.2, 0.25) is 0 Å². The highest BCUT2D eigenvalue weighted by molar-refractivity contribution is 9.10. The zero-order chi connectivity index (χ0) is 20.8. The second-order valence-corrected chi connectivity index (χ2v) is 7.14. The van der Waals surface area contributed by atoms with Gasteiger partial charge in [0.25, 0.3) is 0 Å². The number of rotatable bonds is 6. The Kier molecular flexibility index (Phi) is 6.00. The summed E-state index contributed by atoms with van der Waals surface area (Å²) in [5, 5.41) is 9.65. The number of anilines is 1. The van der Waals surface area contributed by atoms with Crippen molar-refractivity contribution in [1.82, 2.24) is 25.1 Å². The van der Waals surface area contributed by atoms with Crippen LogP contribution in [0.15, 0.2) is 83.9 Å². The second kappa shape index (κ2) is 9.19. The van der Waals surface area contributed by atoms with Crippen molar-refractivity contribution in [1.29, 1.82) is 0 Å². The maximum Gasteiger partial charge on any atom is 0.319 e. The first-order valence-electron chi connectivity index (χ1n) is 9.05. The summed E-state index contributed by atoms with van der Waals surface area (Å²) in [5.74, 6) is 1.81. The fourth-order valence-corrected chi connectivity index (χ4v) is 2.96. The molecule has 0 atom stereocenters. The summed E-state index contributed by atoms with van der Waals surface area (Å²) in [6.07, 6.45) is 6.74. The summed E-state index contributed by atoms with van der Waals surface area (Å²) in [6, 6.07) is 16.1. The van der Waals surface area contributed by atoms with Gasteiger partial charge in [-0.05, 0) is 42.0 Å². The van der Waals surface area contributed by atoms with Crippen LogP contribution in [0, 0.1) is 0 Å². The number of aromatic nitrogens is 4. The number of ether oxygens (including phenoxy) is 1. The molecule has 0 fully saturated rings. The Morgan fingerprint density at radius 1 is 1.07 bits per heavy atom. The van der Waals surface area contributed by atoms with Crippen molar-refractivity contribution in [2.24, 2.45) is 0 Å². The van der Waals surface area contributed by atoms with Gasteiger partial charge in [0.1, 0.15) is 5.75 Å². The Bertz CT molecular complexity index is 1120. The molecule has 0 radical (unpaired) electrons. The van der Waals surface area contributed by atoms with E-state index in [-0.39, 0.29) is 6.03 Å². The van der Waals surface area contributed by atoms with Gasteiger partial charge in [0.2, 0.25) is 5.88 Å². The molecule has 150 valence electrons. The first-order chi connectivity index (χ1) is 14.7. The van der Waals surface area contributed by atoms with Crippen LogP contribution >= 0.6 is 15.9 Å². The third-order valence-corrected chi connectivity index (χ3v) is 4.51. The van der Waals surface area contributed by atoms with Crippen LogP contribution in [0.5, 0.6) is 11.6 Å². The first-order valence-corrected chi connectivity index (χ1v) is 9.84. The molecule has 0 bridgehead atoms. The largest absolute Gasteiger partial charge is 0.439 e. The Morgan fingerprint density at radius 3 is 2.70 bits per heavy atom. The summed E-state index contributed by atoms with van der Waals surface area (Å²) in [7, 11) is 0. The fourth-order valence-electron chi connectivity index (χ4n) is 2.58. The minimum Gasteiger partial charge on any atom is -0.439 e. The van der Waals surface area contributed by atoms with E-state index in [1.165, 1.54) is 6.20 Å². The lowest BCUT2D eigenvalue weighted by atomic mass is 10.3. The van der Waals surface area contributed by atoms with Crippen molar-refractivity contribution in [3.63, 3.8) is 0 Å². The Balaban J connectivity index is 1.27. The summed E-state index contributed by atoms with van der Waals surface area (Å²) in [5.41, 5.74) is 1.43. The molecule has 0 spiro atoms. The molecule has 2 N–H and O–H groups in total. The van der Waals surface area contributed by atoms with Gasteiger partial charge in [-0.3, -0.25) is 0 Å². The zero-order valence-corrected chi connectivity index (χ0v) is 17.3. The highest BCUT2D eigenvalue weighted by atomic mass is 79.9. The normalized spacial score (nSPS) is 10.4. The fraction of sp³-hybridized carbons (Fsp3) is 0.0476. The maximum atomic E-state index is 12.1. The van der Waals surface area contributed by atoms with Gasteiger partial charge in [-0.25, -0.2) is 19.4 Å². The minimum atomic E-state index is -0.339. The Hall–Kier alpha value is -3.72. The SMILES string of the molecule is O=C(NCc1ccc(-n2cccn2)nc1)Nc1ccc(Oc2cccc(Br)c2)nc1. The molecule has 0 aliphatic heterocycles. The number of nitrogens with zero attached hydrogens (tertiary/aromatic N) is 4. The number of hydrogen-bond donors (Lipinski definition) is 2. The summed E-state index contributed by atoms with van der Waals surface area (Å²) in [4.78, 5) is 20.7. The van der Waals surface area contributed by atoms with Crippen LogP contribution in [-0.4, -0.2) is 25.8 Å². The van der Waals surface area contributed by atoms with E-state index in [0.29, 0.717) is 29.7 Å². The molecule has 9 heteroatoms.